The van der Waals surface area contributed by atoms with Crippen molar-refractivity contribution in [2.45, 2.75) is 89.3 Å². The van der Waals surface area contributed by atoms with Crippen molar-refractivity contribution in [3.63, 3.8) is 0 Å². The van der Waals surface area contributed by atoms with Gasteiger partial charge in [0.25, 0.3) is 0 Å². The first-order valence-electron chi connectivity index (χ1n) is 6.75. The molecule has 0 bridgehead atoms. The lowest BCUT2D eigenvalue weighted by Gasteiger charge is -2.43. The molecule has 1 heterocycles. The van der Waals surface area contributed by atoms with Crippen LogP contribution in [0.4, 0.5) is 0 Å². The molecule has 1 aliphatic carbocycles. The highest BCUT2D eigenvalue weighted by Gasteiger charge is 2.64. The molecule has 0 amide bonds. The summed E-state index contributed by atoms with van der Waals surface area (Å²) in [6.45, 7) is 9.62. The fraction of sp³-hybridized carbons (Fsp3) is 1.00. The van der Waals surface area contributed by atoms with Crippen LogP contribution in [0.2, 0.25) is 0 Å². The van der Waals surface area contributed by atoms with E-state index in [-0.39, 0.29) is 0 Å². The van der Waals surface area contributed by atoms with E-state index in [4.69, 9.17) is 9.47 Å². The van der Waals surface area contributed by atoms with Crippen molar-refractivity contribution in [1.82, 2.24) is 0 Å². The van der Waals surface area contributed by atoms with Gasteiger partial charge in [-0.25, -0.2) is 0 Å². The molecule has 1 saturated carbocycles. The number of hydrogen-bond acceptors (Lipinski definition) is 3. The Hall–Kier alpha value is -0.120. The Kier molecular flexibility index (Phi) is 2.89. The maximum Gasteiger partial charge on any atom is 0.170 e. The van der Waals surface area contributed by atoms with Crippen LogP contribution >= 0.6 is 0 Å². The molecule has 2 fully saturated rings. The Morgan fingerprint density at radius 1 is 0.941 bits per heavy atom. The molecule has 1 saturated heterocycles. The van der Waals surface area contributed by atoms with Crippen LogP contribution < -0.4 is 0 Å². The van der Waals surface area contributed by atoms with Gasteiger partial charge in [0.05, 0.1) is 11.2 Å². The summed E-state index contributed by atoms with van der Waals surface area (Å²) < 4.78 is 12.5. The van der Waals surface area contributed by atoms with Crippen molar-refractivity contribution in [2.24, 2.45) is 0 Å². The van der Waals surface area contributed by atoms with E-state index in [1.165, 1.54) is 6.42 Å². The van der Waals surface area contributed by atoms with E-state index in [0.29, 0.717) is 0 Å². The molecule has 0 aromatic carbocycles. The lowest BCUT2D eigenvalue weighted by atomic mass is 9.76. The fourth-order valence-electron chi connectivity index (χ4n) is 3.23. The molecule has 1 aliphatic heterocycles. The second-order valence-corrected chi connectivity index (χ2v) is 6.78. The third-order valence-corrected chi connectivity index (χ3v) is 4.76. The molecule has 1 spiro atoms. The Morgan fingerprint density at radius 3 is 1.88 bits per heavy atom. The summed E-state index contributed by atoms with van der Waals surface area (Å²) in [5, 5.41) is 10.4. The Bertz CT molecular complexity index is 297. The molecule has 1 N–H and O–H groups in total. The van der Waals surface area contributed by atoms with Crippen molar-refractivity contribution >= 4 is 0 Å². The average Bonchev–Trinajstić information content (AvgIpc) is 2.34. The van der Waals surface area contributed by atoms with E-state index < -0.39 is 22.6 Å². The van der Waals surface area contributed by atoms with Gasteiger partial charge in [0.1, 0.15) is 5.60 Å². The van der Waals surface area contributed by atoms with E-state index >= 15 is 0 Å². The Balaban J connectivity index is 2.31. The van der Waals surface area contributed by atoms with Crippen LogP contribution in [0.1, 0.15) is 66.7 Å². The molecule has 2 rings (SSSR count). The molecule has 3 heteroatoms. The lowest BCUT2D eigenvalue weighted by molar-refractivity contribution is -0.230. The van der Waals surface area contributed by atoms with Gasteiger partial charge in [0, 0.05) is 12.8 Å². The second-order valence-electron chi connectivity index (χ2n) is 6.78. The second kappa shape index (κ2) is 3.69. The first kappa shape index (κ1) is 13.3. The maximum atomic E-state index is 10.4. The Labute approximate surface area is 104 Å². The average molecular weight is 242 g/mol. The standard InChI is InChI=1S/C14H26O3/c1-11(2,15)13(5)12(3,4)16-14(17-13)9-7-6-8-10-14/h15H,6-10H2,1-5H3. The van der Waals surface area contributed by atoms with Crippen LogP contribution in [0, 0.1) is 0 Å². The minimum Gasteiger partial charge on any atom is -0.387 e. The molecule has 1 unspecified atom stereocenters. The van der Waals surface area contributed by atoms with Crippen molar-refractivity contribution < 1.29 is 14.6 Å². The summed E-state index contributed by atoms with van der Waals surface area (Å²) in [6.07, 6.45) is 5.45. The summed E-state index contributed by atoms with van der Waals surface area (Å²) in [5.41, 5.74) is -2.06. The first-order chi connectivity index (χ1) is 7.62. The van der Waals surface area contributed by atoms with E-state index in [1.807, 2.05) is 20.8 Å². The van der Waals surface area contributed by atoms with Crippen LogP contribution in [-0.2, 0) is 9.47 Å². The van der Waals surface area contributed by atoms with Crippen LogP contribution in [0.5, 0.6) is 0 Å². The van der Waals surface area contributed by atoms with Crippen molar-refractivity contribution in [1.29, 1.82) is 0 Å². The summed E-state index contributed by atoms with van der Waals surface area (Å²) >= 11 is 0. The summed E-state index contributed by atoms with van der Waals surface area (Å²) in [7, 11) is 0. The molecule has 17 heavy (non-hydrogen) atoms. The predicted octanol–water partition coefficient (Wildman–Crippen LogP) is 3.00. The van der Waals surface area contributed by atoms with Crippen molar-refractivity contribution in [3.05, 3.63) is 0 Å². The topological polar surface area (TPSA) is 38.7 Å². The van der Waals surface area contributed by atoms with Gasteiger partial charge in [0.2, 0.25) is 0 Å². The summed E-state index contributed by atoms with van der Waals surface area (Å²) in [4.78, 5) is 0. The summed E-state index contributed by atoms with van der Waals surface area (Å²) in [5.74, 6) is -0.462. The van der Waals surface area contributed by atoms with Gasteiger partial charge in [-0.3, -0.25) is 0 Å². The minimum atomic E-state index is -0.919. The van der Waals surface area contributed by atoms with Gasteiger partial charge in [-0.2, -0.15) is 0 Å². The highest BCUT2D eigenvalue weighted by molar-refractivity contribution is 5.10. The fourth-order valence-corrected chi connectivity index (χ4v) is 3.23. The quantitative estimate of drug-likeness (QED) is 0.768. The normalized spacial score (nSPS) is 36.4. The van der Waals surface area contributed by atoms with Crippen LogP contribution in [0.3, 0.4) is 0 Å². The van der Waals surface area contributed by atoms with Gasteiger partial charge in [-0.15, -0.1) is 0 Å². The zero-order chi connectivity index (χ0) is 12.9. The first-order valence-corrected chi connectivity index (χ1v) is 6.75. The largest absolute Gasteiger partial charge is 0.387 e. The van der Waals surface area contributed by atoms with E-state index in [1.54, 1.807) is 13.8 Å². The zero-order valence-electron chi connectivity index (χ0n) is 11.8. The molecule has 100 valence electrons. The third-order valence-electron chi connectivity index (χ3n) is 4.76. The third kappa shape index (κ3) is 1.92. The molecule has 2 aliphatic rings. The van der Waals surface area contributed by atoms with Crippen LogP contribution in [-0.4, -0.2) is 27.7 Å². The molecule has 3 nitrogen and oxygen atoms in total. The van der Waals surface area contributed by atoms with Gasteiger partial charge >= 0.3 is 0 Å². The highest BCUT2D eigenvalue weighted by atomic mass is 16.8. The molecule has 0 aromatic heterocycles. The van der Waals surface area contributed by atoms with E-state index in [2.05, 4.69) is 0 Å². The van der Waals surface area contributed by atoms with E-state index in [0.717, 1.165) is 25.7 Å². The van der Waals surface area contributed by atoms with Gasteiger partial charge in [-0.1, -0.05) is 6.42 Å². The van der Waals surface area contributed by atoms with E-state index in [9.17, 15) is 5.11 Å². The lowest BCUT2D eigenvalue weighted by Crippen LogP contribution is -2.59. The Morgan fingerprint density at radius 2 is 1.47 bits per heavy atom. The molecule has 1 atom stereocenters. The highest BCUT2D eigenvalue weighted by Crippen LogP contribution is 2.53. The molecular formula is C14H26O3. The SMILES string of the molecule is CC(C)(O)C1(C)OC2(CCCCC2)OC1(C)C. The maximum absolute atomic E-state index is 10.4. The van der Waals surface area contributed by atoms with Gasteiger partial charge in [-0.05, 0) is 47.5 Å². The molecule has 0 aromatic rings. The van der Waals surface area contributed by atoms with Gasteiger partial charge < -0.3 is 14.6 Å². The summed E-state index contributed by atoms with van der Waals surface area (Å²) in [6, 6.07) is 0. The van der Waals surface area contributed by atoms with Crippen LogP contribution in [0.15, 0.2) is 0 Å². The van der Waals surface area contributed by atoms with Crippen LogP contribution in [0.25, 0.3) is 0 Å². The number of aliphatic hydroxyl groups is 1. The smallest absolute Gasteiger partial charge is 0.170 e. The molecular weight excluding hydrogens is 216 g/mol. The number of rotatable bonds is 1. The zero-order valence-corrected chi connectivity index (χ0v) is 11.8. The van der Waals surface area contributed by atoms with Crippen molar-refractivity contribution in [2.75, 3.05) is 0 Å². The van der Waals surface area contributed by atoms with Gasteiger partial charge in [0.15, 0.2) is 5.79 Å². The minimum absolute atomic E-state index is 0.462. The predicted molar refractivity (Wildman–Crippen MR) is 66.8 cm³/mol. The molecule has 0 radical (unpaired) electrons. The number of hydrogen-bond donors (Lipinski definition) is 1. The van der Waals surface area contributed by atoms with Crippen molar-refractivity contribution in [3.8, 4) is 0 Å². The number of ether oxygens (including phenoxy) is 2. The monoisotopic (exact) mass is 242 g/mol.